The van der Waals surface area contributed by atoms with Gasteiger partial charge in [-0.1, -0.05) is 0 Å². The third kappa shape index (κ3) is 1.84. The molecule has 0 bridgehead atoms. The Morgan fingerprint density at radius 3 is 3.00 bits per heavy atom. The fraction of sp³-hybridized carbons (Fsp3) is 0.400. The molecule has 0 atom stereocenters. The normalized spacial score (nSPS) is 9.67. The van der Waals surface area contributed by atoms with Gasteiger partial charge in [0.2, 0.25) is 0 Å². The van der Waals surface area contributed by atoms with Crippen LogP contribution < -0.4 is 0 Å². The van der Waals surface area contributed by atoms with Crippen molar-refractivity contribution in [3.8, 4) is 0 Å². The van der Waals surface area contributed by atoms with Gasteiger partial charge in [0.05, 0.1) is 11.8 Å². The van der Waals surface area contributed by atoms with Gasteiger partial charge in [-0.2, -0.15) is 0 Å². The third-order valence-corrected chi connectivity index (χ3v) is 1.19. The summed E-state index contributed by atoms with van der Waals surface area (Å²) >= 11 is 0. The molecule has 0 aliphatic rings. The van der Waals surface area contributed by atoms with E-state index >= 15 is 0 Å². The fourth-order valence-corrected chi connectivity index (χ4v) is 0.666. The number of hydrogen-bond acceptors (Lipinski definition) is 5. The minimum Gasteiger partial charge on any atom is -0.358 e. The first-order valence-corrected chi connectivity index (χ1v) is 3.22. The first-order valence-electron chi connectivity index (χ1n) is 3.22. The Morgan fingerprint density at radius 1 is 1.75 bits per heavy atom. The molecule has 7 nitrogen and oxygen atoms in total. The van der Waals surface area contributed by atoms with E-state index in [4.69, 9.17) is 0 Å². The quantitative estimate of drug-likeness (QED) is 0.353. The molecule has 0 saturated heterocycles. The summed E-state index contributed by atoms with van der Waals surface area (Å²) in [4.78, 5) is 19.4. The Kier molecular flexibility index (Phi) is 2.46. The molecular weight excluding hydrogens is 164 g/mol. The maximum Gasteiger partial charge on any atom is 0.410 e. The number of rotatable bonds is 4. The van der Waals surface area contributed by atoms with Gasteiger partial charge in [-0.3, -0.25) is 0 Å². The van der Waals surface area contributed by atoms with Crippen molar-refractivity contribution in [1.29, 1.82) is 0 Å². The van der Waals surface area contributed by atoms with Gasteiger partial charge in [-0.15, -0.1) is 0 Å². The van der Waals surface area contributed by atoms with Crippen LogP contribution in [0, 0.1) is 10.1 Å². The molecule has 0 fully saturated rings. The number of carbonyl (C=O) groups is 1. The number of aldehydes is 1. The molecule has 12 heavy (non-hydrogen) atoms. The fourth-order valence-electron chi connectivity index (χ4n) is 0.666. The van der Waals surface area contributed by atoms with Crippen LogP contribution in [0.2, 0.25) is 0 Å². The Balaban J connectivity index is 2.64. The van der Waals surface area contributed by atoms with E-state index in [1.54, 1.807) is 0 Å². The molecule has 0 saturated carbocycles. The van der Waals surface area contributed by atoms with Crippen LogP contribution in [0.25, 0.3) is 0 Å². The van der Waals surface area contributed by atoms with Crippen molar-refractivity contribution in [3.63, 3.8) is 0 Å². The van der Waals surface area contributed by atoms with Crippen molar-refractivity contribution in [2.45, 2.75) is 13.0 Å². The molecule has 1 aromatic heterocycles. The minimum atomic E-state index is -0.635. The summed E-state index contributed by atoms with van der Waals surface area (Å²) < 4.78 is 1.26. The topological polar surface area (TPSA) is 90.9 Å². The van der Waals surface area contributed by atoms with Crippen molar-refractivity contribution in [1.82, 2.24) is 15.0 Å². The van der Waals surface area contributed by atoms with E-state index in [2.05, 4.69) is 10.3 Å². The standard InChI is InChI=1S/C5H6N4O3/c10-3-1-2-8-4-5(6-7-8)9(11)12/h3-4H,1-2H2. The van der Waals surface area contributed by atoms with E-state index in [9.17, 15) is 14.9 Å². The summed E-state index contributed by atoms with van der Waals surface area (Å²) in [5.74, 6) is -0.305. The Labute approximate surface area is 67.1 Å². The van der Waals surface area contributed by atoms with E-state index < -0.39 is 4.92 Å². The maximum atomic E-state index is 10.1. The second-order valence-electron chi connectivity index (χ2n) is 2.05. The second kappa shape index (κ2) is 3.56. The molecule has 0 spiro atoms. The second-order valence-corrected chi connectivity index (χ2v) is 2.05. The monoisotopic (exact) mass is 170 g/mol. The van der Waals surface area contributed by atoms with Crippen molar-refractivity contribution < 1.29 is 9.72 Å². The number of carbonyl (C=O) groups excluding carboxylic acids is 1. The molecule has 1 aromatic rings. The van der Waals surface area contributed by atoms with Gasteiger partial charge in [-0.25, -0.2) is 4.68 Å². The molecule has 0 radical (unpaired) electrons. The number of nitrogens with zero attached hydrogens (tertiary/aromatic N) is 4. The van der Waals surface area contributed by atoms with Gasteiger partial charge >= 0.3 is 5.82 Å². The number of aromatic nitrogens is 3. The lowest BCUT2D eigenvalue weighted by Crippen LogP contribution is -1.98. The molecule has 0 unspecified atom stereocenters. The first-order chi connectivity index (χ1) is 5.74. The number of nitro groups is 1. The lowest BCUT2D eigenvalue weighted by molar-refractivity contribution is -0.389. The Hall–Kier alpha value is -1.79. The molecule has 0 N–H and O–H groups in total. The van der Waals surface area contributed by atoms with Crippen LogP contribution >= 0.6 is 0 Å². The van der Waals surface area contributed by atoms with Gasteiger partial charge in [0.25, 0.3) is 0 Å². The summed E-state index contributed by atoms with van der Waals surface area (Å²) in [5, 5.41) is 16.8. The zero-order valence-electron chi connectivity index (χ0n) is 6.08. The van der Waals surface area contributed by atoms with E-state index in [-0.39, 0.29) is 12.2 Å². The van der Waals surface area contributed by atoms with E-state index in [0.717, 1.165) is 0 Å². The summed E-state index contributed by atoms with van der Waals surface area (Å²) in [6.07, 6.45) is 2.18. The predicted molar refractivity (Wildman–Crippen MR) is 37.4 cm³/mol. The molecular formula is C5H6N4O3. The van der Waals surface area contributed by atoms with Gasteiger partial charge in [0.15, 0.2) is 0 Å². The Bertz CT molecular complexity index is 295. The molecule has 0 aromatic carbocycles. The smallest absolute Gasteiger partial charge is 0.358 e. The predicted octanol–water partition coefficient (Wildman–Crippen LogP) is -0.225. The highest BCUT2D eigenvalue weighted by Crippen LogP contribution is 2.02. The van der Waals surface area contributed by atoms with Crippen LogP contribution in [0.1, 0.15) is 6.42 Å². The largest absolute Gasteiger partial charge is 0.410 e. The summed E-state index contributed by atoms with van der Waals surface area (Å²) in [5.41, 5.74) is 0. The zero-order chi connectivity index (χ0) is 8.97. The summed E-state index contributed by atoms with van der Waals surface area (Å²) in [7, 11) is 0. The molecule has 1 heterocycles. The van der Waals surface area contributed by atoms with Crippen molar-refractivity contribution in [2.24, 2.45) is 0 Å². The van der Waals surface area contributed by atoms with Crippen LogP contribution in [0.3, 0.4) is 0 Å². The lowest BCUT2D eigenvalue weighted by atomic mass is 10.5. The van der Waals surface area contributed by atoms with Crippen LogP contribution in [0.5, 0.6) is 0 Å². The van der Waals surface area contributed by atoms with Crippen molar-refractivity contribution >= 4 is 12.1 Å². The van der Waals surface area contributed by atoms with E-state index in [1.165, 1.54) is 10.9 Å². The molecule has 7 heteroatoms. The van der Waals surface area contributed by atoms with E-state index in [0.29, 0.717) is 12.8 Å². The van der Waals surface area contributed by atoms with Crippen LogP contribution in [-0.4, -0.2) is 26.2 Å². The average Bonchev–Trinajstić information content (AvgIpc) is 2.48. The number of hydrogen-bond donors (Lipinski definition) is 0. The molecule has 0 aliphatic carbocycles. The summed E-state index contributed by atoms with van der Waals surface area (Å²) in [6.45, 7) is 0.324. The van der Waals surface area contributed by atoms with E-state index in [1.807, 2.05) is 0 Å². The Morgan fingerprint density at radius 2 is 2.50 bits per heavy atom. The van der Waals surface area contributed by atoms with Gasteiger partial charge in [0, 0.05) is 6.42 Å². The third-order valence-electron chi connectivity index (χ3n) is 1.19. The molecule has 0 amide bonds. The summed E-state index contributed by atoms with van der Waals surface area (Å²) in [6, 6.07) is 0. The lowest BCUT2D eigenvalue weighted by Gasteiger charge is -1.88. The van der Waals surface area contributed by atoms with Crippen molar-refractivity contribution in [2.75, 3.05) is 0 Å². The average molecular weight is 170 g/mol. The zero-order valence-corrected chi connectivity index (χ0v) is 6.08. The molecule has 0 aliphatic heterocycles. The number of aryl methyl sites for hydroxylation is 1. The highest BCUT2D eigenvalue weighted by molar-refractivity contribution is 5.48. The van der Waals surface area contributed by atoms with Crippen LogP contribution in [0.4, 0.5) is 5.82 Å². The van der Waals surface area contributed by atoms with Gasteiger partial charge in [-0.05, 0) is 4.92 Å². The first kappa shape index (κ1) is 8.31. The SMILES string of the molecule is O=CCCn1cc([N+](=O)[O-])nn1. The molecule has 64 valence electrons. The van der Waals surface area contributed by atoms with Gasteiger partial charge in [0.1, 0.15) is 17.6 Å². The highest BCUT2D eigenvalue weighted by atomic mass is 16.6. The van der Waals surface area contributed by atoms with Crippen LogP contribution in [0.15, 0.2) is 6.20 Å². The van der Waals surface area contributed by atoms with Crippen LogP contribution in [-0.2, 0) is 11.3 Å². The van der Waals surface area contributed by atoms with Crippen molar-refractivity contribution in [3.05, 3.63) is 16.3 Å². The maximum absolute atomic E-state index is 10.1. The molecule has 1 rings (SSSR count). The minimum absolute atomic E-state index is 0.278. The van der Waals surface area contributed by atoms with Gasteiger partial charge < -0.3 is 14.9 Å². The highest BCUT2D eigenvalue weighted by Gasteiger charge is 2.10.